The molecule has 4 aromatic heterocycles. The number of thiophene rings is 2. The summed E-state index contributed by atoms with van der Waals surface area (Å²) in [4.78, 5) is 13.6. The van der Waals surface area contributed by atoms with Crippen molar-refractivity contribution in [2.24, 2.45) is 9.98 Å². The van der Waals surface area contributed by atoms with E-state index in [0.717, 1.165) is 60.9 Å². The maximum atomic E-state index is 7.14. The molecule has 1 aliphatic heterocycles. The molecule has 1 unspecified atom stereocenters. The summed E-state index contributed by atoms with van der Waals surface area (Å²) in [7, 11) is 2.15. The highest BCUT2D eigenvalue weighted by Gasteiger charge is 2.32. The van der Waals surface area contributed by atoms with Gasteiger partial charge in [-0.2, -0.15) is 0 Å². The number of furan rings is 1. The molecule has 7 heteroatoms. The van der Waals surface area contributed by atoms with Crippen molar-refractivity contribution in [2.75, 3.05) is 7.05 Å². The summed E-state index contributed by atoms with van der Waals surface area (Å²) in [6.45, 7) is 0. The van der Waals surface area contributed by atoms with E-state index in [9.17, 15) is 0 Å². The summed E-state index contributed by atoms with van der Waals surface area (Å²) in [6, 6.07) is 75.2. The zero-order valence-corrected chi connectivity index (χ0v) is 39.9. The van der Waals surface area contributed by atoms with Crippen LogP contribution in [0.15, 0.2) is 221 Å². The first-order valence-electron chi connectivity index (χ1n) is 24.0. The highest BCUT2D eigenvalue weighted by Crippen LogP contribution is 2.46. The normalized spacial score (nSPS) is 14.5. The Balaban J connectivity index is 0.967. The van der Waals surface area contributed by atoms with Crippen molar-refractivity contribution in [2.45, 2.75) is 6.17 Å². The molecule has 15 aromatic rings. The molecule has 0 N–H and O–H groups in total. The fourth-order valence-corrected chi connectivity index (χ4v) is 14.1. The highest BCUT2D eigenvalue weighted by atomic mass is 32.1. The number of fused-ring (bicyclic) bond motifs is 17. The Morgan fingerprint density at radius 2 is 1.14 bits per heavy atom. The van der Waals surface area contributed by atoms with E-state index in [0.29, 0.717) is 5.84 Å². The first-order valence-corrected chi connectivity index (χ1v) is 25.7. The summed E-state index contributed by atoms with van der Waals surface area (Å²) in [6.07, 6.45) is -0.480. The molecule has 0 bridgehead atoms. The number of amidine groups is 2. The van der Waals surface area contributed by atoms with Gasteiger partial charge in [-0.15, -0.1) is 22.7 Å². The van der Waals surface area contributed by atoms with E-state index in [1.165, 1.54) is 83.7 Å². The lowest BCUT2D eigenvalue weighted by Crippen LogP contribution is -2.36. The van der Waals surface area contributed by atoms with Crippen LogP contribution in [0.3, 0.4) is 0 Å². The number of benzene rings is 11. The molecule has 5 nitrogen and oxygen atoms in total. The van der Waals surface area contributed by atoms with Gasteiger partial charge in [-0.25, -0.2) is 9.98 Å². The molecular weight excluding hydrogens is 905 g/mol. The molecular formula is C64H38N4OS2. The van der Waals surface area contributed by atoms with Crippen molar-refractivity contribution in [1.29, 1.82) is 0 Å². The molecule has 0 radical (unpaired) electrons. The Labute approximate surface area is 414 Å². The molecule has 0 aliphatic carbocycles. The van der Waals surface area contributed by atoms with Crippen molar-refractivity contribution in [3.63, 3.8) is 0 Å². The number of aliphatic imine (C=N–C) groups is 2. The van der Waals surface area contributed by atoms with E-state index in [2.05, 4.69) is 223 Å². The topological polar surface area (TPSA) is 46.0 Å². The number of para-hydroxylation sites is 1. The van der Waals surface area contributed by atoms with Crippen LogP contribution in [0.4, 0.5) is 0 Å². The molecule has 71 heavy (non-hydrogen) atoms. The van der Waals surface area contributed by atoms with Crippen molar-refractivity contribution in [3.05, 3.63) is 223 Å². The monoisotopic (exact) mass is 942 g/mol. The number of aromatic nitrogens is 1. The van der Waals surface area contributed by atoms with Gasteiger partial charge in [0.25, 0.3) is 0 Å². The van der Waals surface area contributed by atoms with Crippen LogP contribution in [0.5, 0.6) is 0 Å². The van der Waals surface area contributed by atoms with Gasteiger partial charge in [0, 0.05) is 96.7 Å². The fraction of sp³-hybridized carbons (Fsp3) is 0.0312. The van der Waals surface area contributed by atoms with E-state index < -0.39 is 6.17 Å². The summed E-state index contributed by atoms with van der Waals surface area (Å²) in [5, 5.41) is 16.7. The van der Waals surface area contributed by atoms with Gasteiger partial charge in [0.15, 0.2) is 12.0 Å². The predicted molar refractivity (Wildman–Crippen MR) is 303 cm³/mol. The van der Waals surface area contributed by atoms with E-state index >= 15 is 0 Å². The quantitative estimate of drug-likeness (QED) is 0.176. The van der Waals surface area contributed by atoms with Crippen molar-refractivity contribution >= 4 is 151 Å². The zero-order valence-electron chi connectivity index (χ0n) is 38.2. The molecule has 1 atom stereocenters. The van der Waals surface area contributed by atoms with Gasteiger partial charge in [0.05, 0.1) is 11.0 Å². The molecule has 0 fully saturated rings. The van der Waals surface area contributed by atoms with Crippen LogP contribution in [0.2, 0.25) is 0 Å². The van der Waals surface area contributed by atoms with Crippen molar-refractivity contribution in [1.82, 2.24) is 9.47 Å². The minimum Gasteiger partial charge on any atom is -0.456 e. The number of rotatable bonds is 4. The lowest BCUT2D eigenvalue weighted by Gasteiger charge is -2.33. The Morgan fingerprint density at radius 1 is 0.465 bits per heavy atom. The standard InChI is InChI=1S/C64H38N4OS2/c1-67-63(47-22-13-27-56-57(47)46-20-8-11-26-55(46)70-56)65-62(48-23-12-21-44-42-18-7-10-25-54(42)71-61(44)48)66-64(67)51-33-39-28-30-40(35-49(39)58-45-19-6-9-24-53(45)69-60(51)58)68-52-34-38-16-3-2-15-37(38)32-50(52)43-31-29-36-14-4-5-17-41(36)59(43)68/h2-35,64H,1H3. The fourth-order valence-electron chi connectivity index (χ4n) is 11.8. The minimum atomic E-state index is -0.480. The largest absolute Gasteiger partial charge is 0.456 e. The first kappa shape index (κ1) is 39.3. The molecule has 332 valence electrons. The maximum absolute atomic E-state index is 7.14. The lowest BCUT2D eigenvalue weighted by atomic mass is 9.97. The van der Waals surface area contributed by atoms with Crippen LogP contribution in [-0.2, 0) is 0 Å². The second kappa shape index (κ2) is 14.7. The second-order valence-corrected chi connectivity index (χ2v) is 21.0. The molecule has 1 aliphatic rings. The van der Waals surface area contributed by atoms with E-state index in [1.54, 1.807) is 0 Å². The van der Waals surface area contributed by atoms with Gasteiger partial charge in [0.1, 0.15) is 17.0 Å². The summed E-state index contributed by atoms with van der Waals surface area (Å²) >= 11 is 3.64. The molecule has 0 amide bonds. The van der Waals surface area contributed by atoms with Gasteiger partial charge < -0.3 is 13.9 Å². The first-order chi connectivity index (χ1) is 35.1. The SMILES string of the molecule is CN1C(c2cccc3sc4ccccc4c23)=NC(c2cccc3c2sc2ccccc23)=NC1c1cc2ccc(-n3c4cc5ccccc5cc4c4ccc5ccccc5c43)cc2c2c1oc1ccccc12. The Bertz CT molecular complexity index is 4870. The van der Waals surface area contributed by atoms with Crippen molar-refractivity contribution in [3.8, 4) is 5.69 Å². The Kier molecular flexibility index (Phi) is 8.13. The van der Waals surface area contributed by atoms with Crippen LogP contribution in [0, 0.1) is 0 Å². The van der Waals surface area contributed by atoms with Gasteiger partial charge >= 0.3 is 0 Å². The summed E-state index contributed by atoms with van der Waals surface area (Å²) < 4.78 is 14.5. The molecule has 16 rings (SSSR count). The van der Waals surface area contributed by atoms with Crippen LogP contribution in [0.1, 0.15) is 22.9 Å². The zero-order chi connectivity index (χ0) is 46.5. The molecule has 11 aromatic carbocycles. The minimum absolute atomic E-state index is 0.480. The predicted octanol–water partition coefficient (Wildman–Crippen LogP) is 17.7. The van der Waals surface area contributed by atoms with Gasteiger partial charge in [-0.1, -0.05) is 146 Å². The Hall–Kier alpha value is -8.62. The summed E-state index contributed by atoms with van der Waals surface area (Å²) in [5.41, 5.74) is 8.26. The van der Waals surface area contributed by atoms with Gasteiger partial charge in [0.2, 0.25) is 0 Å². The number of hydrogen-bond acceptors (Lipinski definition) is 6. The third-order valence-corrected chi connectivity index (χ3v) is 17.3. The Morgan fingerprint density at radius 3 is 2.01 bits per heavy atom. The number of hydrogen-bond donors (Lipinski definition) is 0. The molecule has 0 spiro atoms. The van der Waals surface area contributed by atoms with Crippen LogP contribution >= 0.6 is 22.7 Å². The van der Waals surface area contributed by atoms with Crippen LogP contribution in [0.25, 0.3) is 122 Å². The van der Waals surface area contributed by atoms with Crippen LogP contribution < -0.4 is 0 Å². The smallest absolute Gasteiger partial charge is 0.160 e. The molecule has 0 saturated heterocycles. The van der Waals surface area contributed by atoms with Gasteiger partial charge in [-0.05, 0) is 87.6 Å². The third-order valence-electron chi connectivity index (χ3n) is 15.0. The lowest BCUT2D eigenvalue weighted by molar-refractivity contribution is 0.382. The van der Waals surface area contributed by atoms with E-state index in [1.807, 2.05) is 22.7 Å². The van der Waals surface area contributed by atoms with Crippen molar-refractivity contribution < 1.29 is 4.42 Å². The van der Waals surface area contributed by atoms with Crippen LogP contribution in [-0.4, -0.2) is 28.2 Å². The average molecular weight is 943 g/mol. The molecule has 0 saturated carbocycles. The van der Waals surface area contributed by atoms with Gasteiger partial charge in [-0.3, -0.25) is 0 Å². The van der Waals surface area contributed by atoms with E-state index in [-0.39, 0.29) is 0 Å². The highest BCUT2D eigenvalue weighted by molar-refractivity contribution is 7.26. The van der Waals surface area contributed by atoms with E-state index in [4.69, 9.17) is 14.4 Å². The average Bonchev–Trinajstić information content (AvgIpc) is 4.19. The number of nitrogens with zero attached hydrogens (tertiary/aromatic N) is 4. The summed E-state index contributed by atoms with van der Waals surface area (Å²) in [5.74, 6) is 1.58. The maximum Gasteiger partial charge on any atom is 0.160 e. The third kappa shape index (κ3) is 5.61. The molecule has 5 heterocycles. The second-order valence-electron chi connectivity index (χ2n) is 18.8.